The highest BCUT2D eigenvalue weighted by Crippen LogP contribution is 2.31. The summed E-state index contributed by atoms with van der Waals surface area (Å²) in [4.78, 5) is 30.0. The Bertz CT molecular complexity index is 1070. The lowest BCUT2D eigenvalue weighted by atomic mass is 10.1. The molecule has 146 valence electrons. The van der Waals surface area contributed by atoms with Crippen LogP contribution >= 0.6 is 23.1 Å². The molecule has 1 aliphatic rings. The maximum absolute atomic E-state index is 12.8. The van der Waals surface area contributed by atoms with Gasteiger partial charge in [-0.25, -0.2) is 4.98 Å². The average molecular weight is 414 g/mol. The Morgan fingerprint density at radius 2 is 2.18 bits per heavy atom. The Labute approximate surface area is 172 Å². The van der Waals surface area contributed by atoms with Gasteiger partial charge in [-0.2, -0.15) is 0 Å². The van der Waals surface area contributed by atoms with E-state index >= 15 is 0 Å². The quantitative estimate of drug-likeness (QED) is 0.490. The molecule has 4 rings (SSSR count). The highest BCUT2D eigenvalue weighted by Gasteiger charge is 2.23. The molecule has 1 atom stereocenters. The minimum atomic E-state index is -0.0255. The highest BCUT2D eigenvalue weighted by molar-refractivity contribution is 7.99. The maximum Gasteiger partial charge on any atom is 0.272 e. The Kier molecular flexibility index (Phi) is 5.55. The van der Waals surface area contributed by atoms with E-state index in [1.807, 2.05) is 23.6 Å². The molecule has 0 aliphatic heterocycles. The molecular weight excluding hydrogens is 390 g/mol. The first kappa shape index (κ1) is 19.2. The number of carbonyl (C=O) groups is 1. The lowest BCUT2D eigenvalue weighted by Gasteiger charge is -2.16. The number of benzene rings is 1. The van der Waals surface area contributed by atoms with Gasteiger partial charge in [-0.1, -0.05) is 49.9 Å². The first-order valence-corrected chi connectivity index (χ1v) is 11.4. The van der Waals surface area contributed by atoms with Gasteiger partial charge in [0.05, 0.1) is 17.3 Å². The zero-order chi connectivity index (χ0) is 19.7. The summed E-state index contributed by atoms with van der Waals surface area (Å²) in [5.41, 5.74) is 3.23. The van der Waals surface area contributed by atoms with E-state index in [-0.39, 0.29) is 23.3 Å². The van der Waals surface area contributed by atoms with Gasteiger partial charge in [-0.3, -0.25) is 14.2 Å². The summed E-state index contributed by atoms with van der Waals surface area (Å²) < 4.78 is 2.39. The SMILES string of the molecule is CC(C)Cn1c(SCC(=O)N[C@@H]2CCc3ccccc32)nc2ccsc2c1=O. The molecular formula is C21H23N3O2S2. The molecule has 2 heterocycles. The fraction of sp³-hybridized carbons (Fsp3) is 0.381. The summed E-state index contributed by atoms with van der Waals surface area (Å²) in [7, 11) is 0. The summed E-state index contributed by atoms with van der Waals surface area (Å²) in [5.74, 6) is 0.543. The zero-order valence-corrected chi connectivity index (χ0v) is 17.6. The number of aromatic nitrogens is 2. The fourth-order valence-electron chi connectivity index (χ4n) is 3.63. The van der Waals surface area contributed by atoms with Crippen molar-refractivity contribution in [3.8, 4) is 0 Å². The second kappa shape index (κ2) is 8.09. The van der Waals surface area contributed by atoms with Gasteiger partial charge in [0.25, 0.3) is 5.56 Å². The van der Waals surface area contributed by atoms with E-state index in [2.05, 4.69) is 36.3 Å². The molecule has 1 amide bonds. The summed E-state index contributed by atoms with van der Waals surface area (Å²) in [6, 6.07) is 10.2. The normalized spacial score (nSPS) is 15.9. The van der Waals surface area contributed by atoms with Gasteiger partial charge in [0.2, 0.25) is 5.91 Å². The van der Waals surface area contributed by atoms with Gasteiger partial charge in [0.15, 0.2) is 5.16 Å². The predicted molar refractivity (Wildman–Crippen MR) is 115 cm³/mol. The first-order valence-electron chi connectivity index (χ1n) is 9.51. The minimum absolute atomic E-state index is 0.0127. The van der Waals surface area contributed by atoms with E-state index in [0.717, 1.165) is 12.8 Å². The van der Waals surface area contributed by atoms with Crippen LogP contribution in [-0.2, 0) is 17.8 Å². The van der Waals surface area contributed by atoms with Crippen LogP contribution in [0.15, 0.2) is 45.7 Å². The summed E-state index contributed by atoms with van der Waals surface area (Å²) in [6.07, 6.45) is 1.94. The third-order valence-corrected chi connectivity index (χ3v) is 6.75. The number of carbonyl (C=O) groups excluding carboxylic acids is 1. The largest absolute Gasteiger partial charge is 0.349 e. The van der Waals surface area contributed by atoms with Crippen LogP contribution in [0.2, 0.25) is 0 Å². The van der Waals surface area contributed by atoms with E-state index in [9.17, 15) is 9.59 Å². The topological polar surface area (TPSA) is 64.0 Å². The molecule has 0 saturated carbocycles. The zero-order valence-electron chi connectivity index (χ0n) is 16.0. The molecule has 1 aliphatic carbocycles. The second-order valence-corrected chi connectivity index (χ2v) is 9.34. The van der Waals surface area contributed by atoms with Crippen molar-refractivity contribution in [2.24, 2.45) is 5.92 Å². The maximum atomic E-state index is 12.8. The molecule has 1 N–H and O–H groups in total. The molecule has 3 aromatic rings. The van der Waals surface area contributed by atoms with Gasteiger partial charge < -0.3 is 5.32 Å². The van der Waals surface area contributed by atoms with Crippen molar-refractivity contribution in [1.82, 2.24) is 14.9 Å². The van der Waals surface area contributed by atoms with Crippen LogP contribution in [0.3, 0.4) is 0 Å². The van der Waals surface area contributed by atoms with E-state index in [4.69, 9.17) is 0 Å². The van der Waals surface area contributed by atoms with Crippen molar-refractivity contribution in [3.63, 3.8) is 0 Å². The molecule has 0 bridgehead atoms. The van der Waals surface area contributed by atoms with Crippen molar-refractivity contribution in [2.45, 2.75) is 44.4 Å². The molecule has 0 saturated heterocycles. The van der Waals surface area contributed by atoms with Crippen molar-refractivity contribution in [3.05, 3.63) is 57.2 Å². The lowest BCUT2D eigenvalue weighted by Crippen LogP contribution is -2.29. The molecule has 2 aromatic heterocycles. The summed E-state index contributed by atoms with van der Waals surface area (Å²) in [6.45, 7) is 4.74. The number of fused-ring (bicyclic) bond motifs is 2. The van der Waals surface area contributed by atoms with Gasteiger partial charge in [0, 0.05) is 6.54 Å². The number of rotatable bonds is 6. The third-order valence-electron chi connectivity index (χ3n) is 4.88. The van der Waals surface area contributed by atoms with Gasteiger partial charge in [-0.15, -0.1) is 11.3 Å². The number of amides is 1. The van der Waals surface area contributed by atoms with Crippen LogP contribution in [0.1, 0.15) is 37.4 Å². The fourth-order valence-corrected chi connectivity index (χ4v) is 5.23. The number of nitrogens with zero attached hydrogens (tertiary/aromatic N) is 2. The lowest BCUT2D eigenvalue weighted by molar-refractivity contribution is -0.119. The Balaban J connectivity index is 1.49. The Morgan fingerprint density at radius 1 is 1.36 bits per heavy atom. The number of aryl methyl sites for hydroxylation is 1. The predicted octanol–water partition coefficient (Wildman–Crippen LogP) is 4.01. The minimum Gasteiger partial charge on any atom is -0.349 e. The molecule has 28 heavy (non-hydrogen) atoms. The molecule has 7 heteroatoms. The second-order valence-electron chi connectivity index (χ2n) is 7.49. The molecule has 5 nitrogen and oxygen atoms in total. The van der Waals surface area contributed by atoms with Gasteiger partial charge in [-0.05, 0) is 41.3 Å². The Morgan fingerprint density at radius 3 is 3.00 bits per heavy atom. The number of thioether (sulfide) groups is 1. The van der Waals surface area contributed by atoms with Crippen LogP contribution in [0.5, 0.6) is 0 Å². The number of hydrogen-bond donors (Lipinski definition) is 1. The summed E-state index contributed by atoms with van der Waals surface area (Å²) in [5, 5.41) is 5.64. The van der Waals surface area contributed by atoms with Gasteiger partial charge in [0.1, 0.15) is 4.70 Å². The monoisotopic (exact) mass is 413 g/mol. The van der Waals surface area contributed by atoms with Crippen LogP contribution in [-0.4, -0.2) is 21.2 Å². The van der Waals surface area contributed by atoms with Crippen LogP contribution in [0.25, 0.3) is 10.2 Å². The van der Waals surface area contributed by atoms with Crippen molar-refractivity contribution < 1.29 is 4.79 Å². The van der Waals surface area contributed by atoms with Gasteiger partial charge >= 0.3 is 0 Å². The molecule has 0 radical (unpaired) electrons. The standard InChI is InChI=1S/C21H23N3O2S2/c1-13(2)11-24-20(26)19-17(9-10-27-19)23-21(24)28-12-18(25)22-16-8-7-14-5-3-4-6-15(14)16/h3-6,9-10,13,16H,7-8,11-12H2,1-2H3,(H,22,25)/t16-/m1/s1. The average Bonchev–Trinajstić information content (AvgIpc) is 3.30. The van der Waals surface area contributed by atoms with E-state index in [1.54, 1.807) is 4.57 Å². The first-order chi connectivity index (χ1) is 13.5. The van der Waals surface area contributed by atoms with Crippen LogP contribution in [0.4, 0.5) is 0 Å². The molecule has 0 spiro atoms. The summed E-state index contributed by atoms with van der Waals surface area (Å²) >= 11 is 2.76. The van der Waals surface area contributed by atoms with E-state index in [1.165, 1.54) is 34.2 Å². The molecule has 0 fully saturated rings. The van der Waals surface area contributed by atoms with Crippen molar-refractivity contribution in [1.29, 1.82) is 0 Å². The molecule has 1 aromatic carbocycles. The molecule has 0 unspecified atom stereocenters. The third kappa shape index (κ3) is 3.86. The highest BCUT2D eigenvalue weighted by atomic mass is 32.2. The van der Waals surface area contributed by atoms with E-state index in [0.29, 0.717) is 27.8 Å². The van der Waals surface area contributed by atoms with Crippen molar-refractivity contribution >= 4 is 39.2 Å². The van der Waals surface area contributed by atoms with Crippen LogP contribution in [0, 0.1) is 5.92 Å². The number of nitrogens with one attached hydrogen (secondary N) is 1. The smallest absolute Gasteiger partial charge is 0.272 e. The van der Waals surface area contributed by atoms with Crippen LogP contribution < -0.4 is 10.9 Å². The Hall–Kier alpha value is -2.12. The van der Waals surface area contributed by atoms with Crippen molar-refractivity contribution in [2.75, 3.05) is 5.75 Å². The number of hydrogen-bond acceptors (Lipinski definition) is 5. The van der Waals surface area contributed by atoms with E-state index < -0.39 is 0 Å². The number of thiophene rings is 1.